The van der Waals surface area contributed by atoms with Crippen molar-refractivity contribution in [3.63, 3.8) is 0 Å². The van der Waals surface area contributed by atoms with Gasteiger partial charge >= 0.3 is 23.9 Å². The van der Waals surface area contributed by atoms with Crippen LogP contribution in [-0.4, -0.2) is 65.3 Å². The number of hydrogen-bond acceptors (Lipinski definition) is 5. The van der Waals surface area contributed by atoms with Crippen molar-refractivity contribution >= 4 is 23.9 Å². The van der Waals surface area contributed by atoms with E-state index in [1.807, 2.05) is 0 Å². The van der Waals surface area contributed by atoms with Gasteiger partial charge in [-0.15, -0.1) is 0 Å². The lowest BCUT2D eigenvalue weighted by Gasteiger charge is -2.20. The predicted molar refractivity (Wildman–Crippen MR) is 68.5 cm³/mol. The number of esters is 1. The van der Waals surface area contributed by atoms with Gasteiger partial charge in [0.1, 0.15) is 6.04 Å². The summed E-state index contributed by atoms with van der Waals surface area (Å²) in [4.78, 5) is 46.0. The lowest BCUT2D eigenvalue weighted by atomic mass is 10.1. The minimum Gasteiger partial charge on any atom is -0.481 e. The zero-order chi connectivity index (χ0) is 16.0. The van der Waals surface area contributed by atoms with Crippen LogP contribution in [0.25, 0.3) is 0 Å². The van der Waals surface area contributed by atoms with Gasteiger partial charge in [0.05, 0.1) is 13.0 Å². The molecular formula is C12H18N2O7. The van der Waals surface area contributed by atoms with Crippen LogP contribution in [0.15, 0.2) is 0 Å². The van der Waals surface area contributed by atoms with Crippen LogP contribution in [0.5, 0.6) is 0 Å². The number of hydrogen-bond donors (Lipinski definition) is 3. The van der Waals surface area contributed by atoms with Crippen molar-refractivity contribution in [1.29, 1.82) is 0 Å². The van der Waals surface area contributed by atoms with Crippen molar-refractivity contribution in [1.82, 2.24) is 10.2 Å². The molecule has 2 unspecified atom stereocenters. The summed E-state index contributed by atoms with van der Waals surface area (Å²) < 4.78 is 4.59. The SMILES string of the molecule is COC(=O)C1CCN(C(=O)NC(CCC(=O)O)C(=O)O)C1. The lowest BCUT2D eigenvalue weighted by Crippen LogP contribution is -2.47. The third kappa shape index (κ3) is 4.93. The normalized spacial score (nSPS) is 18.9. The number of urea groups is 1. The maximum atomic E-state index is 11.9. The van der Waals surface area contributed by atoms with Crippen molar-refractivity contribution < 1.29 is 34.1 Å². The van der Waals surface area contributed by atoms with E-state index in [4.69, 9.17) is 10.2 Å². The molecule has 2 atom stereocenters. The zero-order valence-corrected chi connectivity index (χ0v) is 11.6. The van der Waals surface area contributed by atoms with E-state index in [1.54, 1.807) is 0 Å². The summed E-state index contributed by atoms with van der Waals surface area (Å²) in [6, 6.07) is -1.90. The molecule has 0 aromatic rings. The monoisotopic (exact) mass is 302 g/mol. The zero-order valence-electron chi connectivity index (χ0n) is 11.6. The quantitative estimate of drug-likeness (QED) is 0.564. The van der Waals surface area contributed by atoms with Gasteiger partial charge in [0, 0.05) is 19.5 Å². The Hall–Kier alpha value is -2.32. The molecule has 0 aromatic carbocycles. The largest absolute Gasteiger partial charge is 0.481 e. The molecule has 9 heteroatoms. The smallest absolute Gasteiger partial charge is 0.326 e. The fourth-order valence-corrected chi connectivity index (χ4v) is 2.07. The van der Waals surface area contributed by atoms with Crippen LogP contribution in [0.4, 0.5) is 4.79 Å². The van der Waals surface area contributed by atoms with Crippen LogP contribution in [0.1, 0.15) is 19.3 Å². The molecule has 2 amide bonds. The van der Waals surface area contributed by atoms with E-state index in [0.717, 1.165) is 0 Å². The van der Waals surface area contributed by atoms with E-state index in [-0.39, 0.29) is 19.4 Å². The van der Waals surface area contributed by atoms with Gasteiger partial charge in [-0.3, -0.25) is 9.59 Å². The molecule has 0 saturated carbocycles. The van der Waals surface area contributed by atoms with E-state index in [2.05, 4.69) is 10.1 Å². The Balaban J connectivity index is 2.52. The maximum absolute atomic E-state index is 11.9. The number of carbonyl (C=O) groups is 4. The topological polar surface area (TPSA) is 133 Å². The van der Waals surface area contributed by atoms with Gasteiger partial charge < -0.3 is 25.2 Å². The molecular weight excluding hydrogens is 284 g/mol. The number of carboxylic acid groups (broad SMARTS) is 2. The molecule has 1 rings (SSSR count). The summed E-state index contributed by atoms with van der Waals surface area (Å²) in [6.45, 7) is 0.473. The third-order valence-corrected chi connectivity index (χ3v) is 3.25. The summed E-state index contributed by atoms with van der Waals surface area (Å²) in [5, 5.41) is 19.8. The minimum absolute atomic E-state index is 0.157. The highest BCUT2D eigenvalue weighted by molar-refractivity contribution is 5.84. The summed E-state index contributed by atoms with van der Waals surface area (Å²) >= 11 is 0. The van der Waals surface area contributed by atoms with Crippen molar-refractivity contribution in [3.8, 4) is 0 Å². The number of carboxylic acids is 2. The highest BCUT2D eigenvalue weighted by Crippen LogP contribution is 2.17. The molecule has 0 aromatic heterocycles. The second-order valence-electron chi connectivity index (χ2n) is 4.73. The molecule has 1 fully saturated rings. The van der Waals surface area contributed by atoms with E-state index in [1.165, 1.54) is 12.0 Å². The Kier molecular flexibility index (Phi) is 5.94. The van der Waals surface area contributed by atoms with Crippen LogP contribution in [0.2, 0.25) is 0 Å². The third-order valence-electron chi connectivity index (χ3n) is 3.25. The van der Waals surface area contributed by atoms with Crippen molar-refractivity contribution in [2.75, 3.05) is 20.2 Å². The van der Waals surface area contributed by atoms with E-state index < -0.39 is 35.9 Å². The van der Waals surface area contributed by atoms with Crippen molar-refractivity contribution in [3.05, 3.63) is 0 Å². The summed E-state index contributed by atoms with van der Waals surface area (Å²) in [7, 11) is 1.26. The second-order valence-corrected chi connectivity index (χ2v) is 4.73. The molecule has 0 bridgehead atoms. The Morgan fingerprint density at radius 2 is 2.00 bits per heavy atom. The lowest BCUT2D eigenvalue weighted by molar-refractivity contribution is -0.145. The number of nitrogens with one attached hydrogen (secondary N) is 1. The molecule has 0 radical (unpaired) electrons. The van der Waals surface area contributed by atoms with Gasteiger partial charge in [-0.1, -0.05) is 0 Å². The highest BCUT2D eigenvalue weighted by Gasteiger charge is 2.33. The first-order valence-corrected chi connectivity index (χ1v) is 6.43. The fraction of sp³-hybridized carbons (Fsp3) is 0.667. The van der Waals surface area contributed by atoms with Gasteiger partial charge in [0.15, 0.2) is 0 Å². The number of rotatable bonds is 6. The molecule has 21 heavy (non-hydrogen) atoms. The van der Waals surface area contributed by atoms with Crippen LogP contribution in [0, 0.1) is 5.92 Å². The van der Waals surface area contributed by atoms with E-state index in [0.29, 0.717) is 13.0 Å². The molecule has 1 saturated heterocycles. The maximum Gasteiger partial charge on any atom is 0.326 e. The number of amides is 2. The number of methoxy groups -OCH3 is 1. The predicted octanol–water partition coefficient (Wildman–Crippen LogP) is -0.491. The highest BCUT2D eigenvalue weighted by atomic mass is 16.5. The first-order chi connectivity index (χ1) is 9.85. The van der Waals surface area contributed by atoms with Crippen LogP contribution in [0.3, 0.4) is 0 Å². The second kappa shape index (κ2) is 7.46. The summed E-state index contributed by atoms with van der Waals surface area (Å²) in [6.07, 6.45) is -0.111. The molecule has 1 aliphatic rings. The molecule has 1 aliphatic heterocycles. The molecule has 0 spiro atoms. The molecule has 1 heterocycles. The number of ether oxygens (including phenoxy) is 1. The van der Waals surface area contributed by atoms with E-state index >= 15 is 0 Å². The average molecular weight is 302 g/mol. The number of carbonyl (C=O) groups excluding carboxylic acids is 2. The number of aliphatic carboxylic acids is 2. The van der Waals surface area contributed by atoms with Crippen molar-refractivity contribution in [2.45, 2.75) is 25.3 Å². The van der Waals surface area contributed by atoms with Gasteiger partial charge in [-0.2, -0.15) is 0 Å². The number of likely N-dealkylation sites (tertiary alicyclic amines) is 1. The average Bonchev–Trinajstić information content (AvgIpc) is 2.91. The Labute approximate surface area is 120 Å². The van der Waals surface area contributed by atoms with Gasteiger partial charge in [0.2, 0.25) is 0 Å². The molecule has 0 aliphatic carbocycles. The summed E-state index contributed by atoms with van der Waals surface area (Å²) in [5.41, 5.74) is 0. The van der Waals surface area contributed by atoms with Crippen LogP contribution < -0.4 is 5.32 Å². The Morgan fingerprint density at radius 3 is 2.52 bits per heavy atom. The van der Waals surface area contributed by atoms with Crippen molar-refractivity contribution in [2.24, 2.45) is 5.92 Å². The van der Waals surface area contributed by atoms with Crippen LogP contribution >= 0.6 is 0 Å². The van der Waals surface area contributed by atoms with E-state index in [9.17, 15) is 19.2 Å². The minimum atomic E-state index is -1.30. The van der Waals surface area contributed by atoms with Gasteiger partial charge in [-0.25, -0.2) is 9.59 Å². The first-order valence-electron chi connectivity index (χ1n) is 6.43. The molecule has 3 N–H and O–H groups in total. The van der Waals surface area contributed by atoms with Gasteiger partial charge in [0.25, 0.3) is 0 Å². The number of nitrogens with zero attached hydrogens (tertiary/aromatic N) is 1. The first kappa shape index (κ1) is 16.7. The Morgan fingerprint density at radius 1 is 1.33 bits per heavy atom. The molecule has 9 nitrogen and oxygen atoms in total. The van der Waals surface area contributed by atoms with Gasteiger partial charge in [-0.05, 0) is 12.8 Å². The summed E-state index contributed by atoms with van der Waals surface area (Å²) in [5.74, 6) is -3.26. The standard InChI is InChI=1S/C12H18N2O7/c1-21-11(19)7-4-5-14(6-7)12(20)13-8(10(17)18)2-3-9(15)16/h7-8H,2-6H2,1H3,(H,13,20)(H,15,16)(H,17,18). The molecule has 118 valence electrons. The Bertz CT molecular complexity index is 437. The fourth-order valence-electron chi connectivity index (χ4n) is 2.07. The van der Waals surface area contributed by atoms with Crippen LogP contribution in [-0.2, 0) is 19.1 Å².